The van der Waals surface area contributed by atoms with Crippen LogP contribution in [0.25, 0.3) is 10.9 Å². The van der Waals surface area contributed by atoms with Crippen molar-refractivity contribution in [1.29, 1.82) is 0 Å². The molecule has 0 saturated heterocycles. The van der Waals surface area contributed by atoms with Crippen molar-refractivity contribution in [3.63, 3.8) is 0 Å². The van der Waals surface area contributed by atoms with E-state index in [-0.39, 0.29) is 0 Å². The van der Waals surface area contributed by atoms with E-state index >= 15 is 0 Å². The van der Waals surface area contributed by atoms with Crippen molar-refractivity contribution in [1.82, 2.24) is 4.98 Å². The summed E-state index contributed by atoms with van der Waals surface area (Å²) in [7, 11) is 1.64. The van der Waals surface area contributed by atoms with Gasteiger partial charge in [0.25, 0.3) is 0 Å². The summed E-state index contributed by atoms with van der Waals surface area (Å²) in [6, 6.07) is 5.73. The van der Waals surface area contributed by atoms with Crippen LogP contribution in [-0.2, 0) is 0 Å². The molecule has 4 heteroatoms. The van der Waals surface area contributed by atoms with Crippen LogP contribution in [0.5, 0.6) is 5.75 Å². The fourth-order valence-electron chi connectivity index (χ4n) is 1.50. The summed E-state index contributed by atoms with van der Waals surface area (Å²) in [6.07, 6.45) is 0. The Hall–Kier alpha value is -1.04. The molecule has 15 heavy (non-hydrogen) atoms. The van der Waals surface area contributed by atoms with Crippen LogP contribution >= 0.6 is 22.6 Å². The van der Waals surface area contributed by atoms with Crippen LogP contribution in [0, 0.1) is 10.5 Å². The van der Waals surface area contributed by atoms with Crippen LogP contribution in [0.15, 0.2) is 18.2 Å². The van der Waals surface area contributed by atoms with Gasteiger partial charge in [-0.1, -0.05) is 0 Å². The first-order valence-corrected chi connectivity index (χ1v) is 5.60. The molecule has 0 spiro atoms. The summed E-state index contributed by atoms with van der Waals surface area (Å²) in [5.74, 6) is 0.802. The van der Waals surface area contributed by atoms with Crippen molar-refractivity contribution in [2.75, 3.05) is 12.8 Å². The molecular formula is C11H11IN2O. The van der Waals surface area contributed by atoms with Gasteiger partial charge in [0.05, 0.1) is 27.6 Å². The molecule has 0 amide bonds. The van der Waals surface area contributed by atoms with Gasteiger partial charge in [0.2, 0.25) is 0 Å². The van der Waals surface area contributed by atoms with Crippen molar-refractivity contribution < 1.29 is 4.74 Å². The van der Waals surface area contributed by atoms with E-state index in [9.17, 15) is 0 Å². The minimum absolute atomic E-state index is 0.775. The van der Waals surface area contributed by atoms with Gasteiger partial charge in [0.1, 0.15) is 5.75 Å². The van der Waals surface area contributed by atoms with E-state index in [1.165, 1.54) is 0 Å². The molecule has 0 saturated carbocycles. The van der Waals surface area contributed by atoms with E-state index in [1.807, 2.05) is 25.1 Å². The Balaban J connectivity index is 2.81. The lowest BCUT2D eigenvalue weighted by atomic mass is 10.1. The highest BCUT2D eigenvalue weighted by atomic mass is 127. The van der Waals surface area contributed by atoms with Crippen LogP contribution in [-0.4, -0.2) is 12.1 Å². The normalized spacial score (nSPS) is 10.6. The van der Waals surface area contributed by atoms with Crippen molar-refractivity contribution >= 4 is 39.2 Å². The summed E-state index contributed by atoms with van der Waals surface area (Å²) in [4.78, 5) is 4.47. The average Bonchev–Trinajstić information content (AvgIpc) is 2.26. The monoisotopic (exact) mass is 314 g/mol. The van der Waals surface area contributed by atoms with Gasteiger partial charge in [0, 0.05) is 5.39 Å². The van der Waals surface area contributed by atoms with Gasteiger partial charge in [-0.3, -0.25) is 4.98 Å². The van der Waals surface area contributed by atoms with Crippen molar-refractivity contribution in [3.05, 3.63) is 27.5 Å². The molecule has 78 valence electrons. The second kappa shape index (κ2) is 3.84. The number of rotatable bonds is 1. The molecule has 0 aliphatic rings. The quantitative estimate of drug-likeness (QED) is 0.824. The highest BCUT2D eigenvalue weighted by molar-refractivity contribution is 14.1. The topological polar surface area (TPSA) is 48.1 Å². The SMILES string of the molecule is COc1ccc2nc(C)c(I)c(N)c2c1. The van der Waals surface area contributed by atoms with Crippen molar-refractivity contribution in [3.8, 4) is 5.75 Å². The maximum absolute atomic E-state index is 6.04. The van der Waals surface area contributed by atoms with Crippen LogP contribution in [0.2, 0.25) is 0 Å². The van der Waals surface area contributed by atoms with Gasteiger partial charge in [-0.05, 0) is 47.7 Å². The molecule has 0 atom stereocenters. The number of fused-ring (bicyclic) bond motifs is 1. The second-order valence-corrected chi connectivity index (χ2v) is 4.39. The average molecular weight is 314 g/mol. The smallest absolute Gasteiger partial charge is 0.119 e. The predicted octanol–water partition coefficient (Wildman–Crippen LogP) is 2.74. The zero-order valence-corrected chi connectivity index (χ0v) is 10.7. The van der Waals surface area contributed by atoms with Gasteiger partial charge in [-0.2, -0.15) is 0 Å². The Kier molecular flexibility index (Phi) is 2.68. The number of nitrogens with two attached hydrogens (primary N) is 1. The molecule has 1 aromatic heterocycles. The minimum atomic E-state index is 0.775. The number of hydrogen-bond acceptors (Lipinski definition) is 3. The first-order valence-electron chi connectivity index (χ1n) is 4.53. The number of nitrogen functional groups attached to an aromatic ring is 1. The molecule has 0 aliphatic heterocycles. The first-order chi connectivity index (χ1) is 7.13. The first kappa shape index (κ1) is 10.5. The predicted molar refractivity (Wildman–Crippen MR) is 70.2 cm³/mol. The number of ether oxygens (including phenoxy) is 1. The number of aromatic nitrogens is 1. The second-order valence-electron chi connectivity index (χ2n) is 3.31. The minimum Gasteiger partial charge on any atom is -0.497 e. The lowest BCUT2D eigenvalue weighted by Gasteiger charge is -2.08. The van der Waals surface area contributed by atoms with E-state index in [2.05, 4.69) is 27.6 Å². The third kappa shape index (κ3) is 1.73. The molecule has 1 heterocycles. The molecule has 0 aliphatic carbocycles. The standard InChI is InChI=1S/C11H11IN2O/c1-6-10(12)11(13)8-5-7(15-2)3-4-9(8)14-6/h3-5H,1-2H3,(H2,13,14). The van der Waals surface area contributed by atoms with Gasteiger partial charge in [-0.15, -0.1) is 0 Å². The maximum atomic E-state index is 6.04. The van der Waals surface area contributed by atoms with E-state index in [0.29, 0.717) is 0 Å². The molecule has 2 aromatic rings. The zero-order chi connectivity index (χ0) is 11.0. The molecule has 3 nitrogen and oxygen atoms in total. The molecule has 0 bridgehead atoms. The molecule has 0 fully saturated rings. The van der Waals surface area contributed by atoms with Crippen molar-refractivity contribution in [2.45, 2.75) is 6.92 Å². The van der Waals surface area contributed by atoms with E-state index in [1.54, 1.807) is 7.11 Å². The third-order valence-electron chi connectivity index (χ3n) is 2.34. The fourth-order valence-corrected chi connectivity index (χ4v) is 1.91. The Morgan fingerprint density at radius 3 is 2.80 bits per heavy atom. The number of aryl methyl sites for hydroxylation is 1. The number of benzene rings is 1. The largest absolute Gasteiger partial charge is 0.497 e. The van der Waals surface area contributed by atoms with Gasteiger partial charge < -0.3 is 10.5 Å². The van der Waals surface area contributed by atoms with Crippen molar-refractivity contribution in [2.24, 2.45) is 0 Å². The molecule has 0 unspecified atom stereocenters. The highest BCUT2D eigenvalue weighted by Gasteiger charge is 2.08. The van der Waals surface area contributed by atoms with Gasteiger partial charge in [0.15, 0.2) is 0 Å². The molecule has 1 aromatic carbocycles. The molecule has 2 N–H and O–H groups in total. The number of nitrogens with zero attached hydrogens (tertiary/aromatic N) is 1. The zero-order valence-electron chi connectivity index (χ0n) is 8.54. The fraction of sp³-hybridized carbons (Fsp3) is 0.182. The Bertz CT molecular complexity index is 525. The summed E-state index contributed by atoms with van der Waals surface area (Å²) in [5.41, 5.74) is 8.69. The Morgan fingerprint density at radius 1 is 1.40 bits per heavy atom. The summed E-state index contributed by atoms with van der Waals surface area (Å²) >= 11 is 2.21. The van der Waals surface area contributed by atoms with Gasteiger partial charge in [-0.25, -0.2) is 0 Å². The van der Waals surface area contributed by atoms with E-state index in [4.69, 9.17) is 10.5 Å². The third-order valence-corrected chi connectivity index (χ3v) is 3.70. The molecular weight excluding hydrogens is 303 g/mol. The molecule has 2 rings (SSSR count). The summed E-state index contributed by atoms with van der Waals surface area (Å²) in [6.45, 7) is 1.96. The van der Waals surface area contributed by atoms with Crippen LogP contribution in [0.4, 0.5) is 5.69 Å². The molecule has 0 radical (unpaired) electrons. The highest BCUT2D eigenvalue weighted by Crippen LogP contribution is 2.29. The van der Waals surface area contributed by atoms with E-state index < -0.39 is 0 Å². The number of methoxy groups -OCH3 is 1. The van der Waals surface area contributed by atoms with Crippen LogP contribution < -0.4 is 10.5 Å². The van der Waals surface area contributed by atoms with E-state index in [0.717, 1.165) is 31.6 Å². The Labute approximate surface area is 102 Å². The number of anilines is 1. The lowest BCUT2D eigenvalue weighted by molar-refractivity contribution is 0.415. The van der Waals surface area contributed by atoms with Crippen LogP contribution in [0.3, 0.4) is 0 Å². The summed E-state index contributed by atoms with van der Waals surface area (Å²) in [5, 5.41) is 0.948. The number of hydrogen-bond donors (Lipinski definition) is 1. The summed E-state index contributed by atoms with van der Waals surface area (Å²) < 4.78 is 6.17. The number of pyridine rings is 1. The van der Waals surface area contributed by atoms with Crippen LogP contribution in [0.1, 0.15) is 5.69 Å². The Morgan fingerprint density at radius 2 is 2.13 bits per heavy atom. The maximum Gasteiger partial charge on any atom is 0.119 e. The number of halogens is 1. The van der Waals surface area contributed by atoms with Gasteiger partial charge >= 0.3 is 0 Å². The lowest BCUT2D eigenvalue weighted by Crippen LogP contribution is -1.97.